The lowest BCUT2D eigenvalue weighted by atomic mass is 9.93. The number of thioether (sulfide) groups is 1. The molecule has 2 aliphatic rings. The highest BCUT2D eigenvalue weighted by atomic mass is 32.2. The maximum absolute atomic E-state index is 11.3. The number of aliphatic carboxylic acids is 1. The van der Waals surface area contributed by atoms with Crippen LogP contribution in [0.4, 0.5) is 0 Å². The van der Waals surface area contributed by atoms with Crippen molar-refractivity contribution in [3.63, 3.8) is 0 Å². The zero-order chi connectivity index (χ0) is 26.9. The molecule has 0 bridgehead atoms. The third kappa shape index (κ3) is 5.99. The van der Waals surface area contributed by atoms with E-state index in [1.165, 1.54) is 22.9 Å². The summed E-state index contributed by atoms with van der Waals surface area (Å²) in [7, 11) is -2.98. The van der Waals surface area contributed by atoms with E-state index >= 15 is 0 Å². The molecule has 5 rings (SSSR count). The van der Waals surface area contributed by atoms with E-state index < -0.39 is 15.8 Å². The Balaban J connectivity index is 1.29. The van der Waals surface area contributed by atoms with E-state index in [2.05, 4.69) is 36.2 Å². The summed E-state index contributed by atoms with van der Waals surface area (Å²) < 4.78 is 34.8. The lowest BCUT2D eigenvalue weighted by Crippen LogP contribution is -2.08. The summed E-state index contributed by atoms with van der Waals surface area (Å²) in [5.41, 5.74) is 6.86. The van der Waals surface area contributed by atoms with Crippen molar-refractivity contribution < 1.29 is 27.8 Å². The lowest BCUT2D eigenvalue weighted by Gasteiger charge is -2.17. The zero-order valence-corrected chi connectivity index (χ0v) is 23.1. The van der Waals surface area contributed by atoms with Crippen LogP contribution in [-0.2, 0) is 21.1 Å². The molecule has 1 unspecified atom stereocenters. The van der Waals surface area contributed by atoms with Gasteiger partial charge < -0.3 is 14.6 Å². The largest absolute Gasteiger partial charge is 0.494 e. The highest BCUT2D eigenvalue weighted by Crippen LogP contribution is 2.44. The second-order valence-corrected chi connectivity index (χ2v) is 13.3. The first-order valence-corrected chi connectivity index (χ1v) is 15.8. The molecule has 0 fully saturated rings. The first-order valence-electron chi connectivity index (χ1n) is 12.7. The number of hydrogen-bond acceptors (Lipinski definition) is 7. The Labute approximate surface area is 227 Å². The van der Waals surface area contributed by atoms with Crippen molar-refractivity contribution in [3.05, 3.63) is 70.9 Å². The van der Waals surface area contributed by atoms with Crippen molar-refractivity contribution in [2.75, 3.05) is 24.4 Å². The van der Waals surface area contributed by atoms with E-state index in [1.54, 1.807) is 18.0 Å². The Hall–Kier alpha value is -3.04. The zero-order valence-electron chi connectivity index (χ0n) is 21.5. The second-order valence-electron chi connectivity index (χ2n) is 9.99. The number of nitrogens with zero attached hydrogens (tertiary/aromatic N) is 1. The van der Waals surface area contributed by atoms with Crippen LogP contribution in [0.15, 0.2) is 53.6 Å². The van der Waals surface area contributed by atoms with Gasteiger partial charge in [0.25, 0.3) is 0 Å². The van der Waals surface area contributed by atoms with Gasteiger partial charge in [-0.25, -0.2) is 13.4 Å². The number of sulfone groups is 1. The van der Waals surface area contributed by atoms with E-state index in [-0.39, 0.29) is 24.2 Å². The summed E-state index contributed by atoms with van der Waals surface area (Å²) in [5.74, 6) is 1.39. The first kappa shape index (κ1) is 26.6. The minimum Gasteiger partial charge on any atom is -0.494 e. The fourth-order valence-electron chi connectivity index (χ4n) is 5.26. The van der Waals surface area contributed by atoms with Crippen LogP contribution in [-0.4, -0.2) is 48.8 Å². The SMILES string of the molecule is Cc1cc(OCCCS(C)(=O)=O)ccc1-c1cccc2c1CCC2Oc1cc2c(cn1)[C@H](CC(=O)O)CS2. The average molecular weight is 554 g/mol. The molecule has 2 aromatic carbocycles. The number of pyridine rings is 1. The maximum Gasteiger partial charge on any atom is 0.303 e. The van der Waals surface area contributed by atoms with Gasteiger partial charge >= 0.3 is 5.97 Å². The topological polar surface area (TPSA) is 103 Å². The number of rotatable bonds is 10. The van der Waals surface area contributed by atoms with Gasteiger partial charge in [-0.15, -0.1) is 11.8 Å². The number of fused-ring (bicyclic) bond motifs is 2. The fourth-order valence-corrected chi connectivity index (χ4v) is 7.15. The Morgan fingerprint density at radius 1 is 1.16 bits per heavy atom. The highest BCUT2D eigenvalue weighted by Gasteiger charge is 2.29. The molecule has 7 nitrogen and oxygen atoms in total. The first-order chi connectivity index (χ1) is 18.2. The summed E-state index contributed by atoms with van der Waals surface area (Å²) in [6.07, 6.45) is 5.28. The monoisotopic (exact) mass is 553 g/mol. The molecule has 0 saturated heterocycles. The number of carbonyl (C=O) groups is 1. The number of carboxylic acid groups (broad SMARTS) is 1. The number of aryl methyl sites for hydroxylation is 1. The van der Waals surface area contributed by atoms with Gasteiger partial charge in [-0.3, -0.25) is 4.79 Å². The molecule has 3 aromatic rings. The predicted molar refractivity (Wildman–Crippen MR) is 148 cm³/mol. The van der Waals surface area contributed by atoms with Gasteiger partial charge in [0.05, 0.1) is 18.8 Å². The number of aromatic nitrogens is 1. The number of ether oxygens (including phenoxy) is 2. The van der Waals surface area contributed by atoms with Gasteiger partial charge in [-0.2, -0.15) is 0 Å². The summed E-state index contributed by atoms with van der Waals surface area (Å²) in [6.45, 7) is 2.42. The standard InChI is InChI=1S/C29H31NO6S2/c1-18-13-20(35-11-4-12-38(2,33)34)7-8-21(18)22-5-3-6-24-23(22)9-10-26(24)36-28-15-27-25(16-30-28)19(17-37-27)14-29(31)32/h3,5-8,13,15-16,19,26H,4,9-12,14,17H2,1-2H3,(H,31,32)/t19-,26?/m1/s1. The minimum absolute atomic E-state index is 0.00340. The van der Waals surface area contributed by atoms with Gasteiger partial charge in [-0.1, -0.05) is 24.3 Å². The van der Waals surface area contributed by atoms with Crippen molar-refractivity contribution in [1.29, 1.82) is 0 Å². The van der Waals surface area contributed by atoms with Gasteiger partial charge in [0, 0.05) is 35.1 Å². The number of hydrogen-bond donors (Lipinski definition) is 1. The van der Waals surface area contributed by atoms with Crippen molar-refractivity contribution in [2.45, 2.75) is 49.5 Å². The van der Waals surface area contributed by atoms with Crippen LogP contribution in [0.5, 0.6) is 11.6 Å². The van der Waals surface area contributed by atoms with Crippen molar-refractivity contribution in [1.82, 2.24) is 4.98 Å². The van der Waals surface area contributed by atoms with Crippen LogP contribution in [0.3, 0.4) is 0 Å². The summed E-state index contributed by atoms with van der Waals surface area (Å²) in [5, 5.41) is 9.16. The fraction of sp³-hybridized carbons (Fsp3) is 0.379. The Bertz CT molecular complexity index is 1470. The van der Waals surface area contributed by atoms with Gasteiger partial charge in [0.2, 0.25) is 5.88 Å². The van der Waals surface area contributed by atoms with Crippen LogP contribution < -0.4 is 9.47 Å². The average Bonchev–Trinajstić information content (AvgIpc) is 3.45. The Morgan fingerprint density at radius 3 is 2.76 bits per heavy atom. The lowest BCUT2D eigenvalue weighted by molar-refractivity contribution is -0.137. The maximum atomic E-state index is 11.3. The Morgan fingerprint density at radius 2 is 2.00 bits per heavy atom. The van der Waals surface area contributed by atoms with Crippen molar-refractivity contribution in [3.8, 4) is 22.8 Å². The molecule has 0 spiro atoms. The molecule has 2 heterocycles. The van der Waals surface area contributed by atoms with Crippen LogP contribution in [0.2, 0.25) is 0 Å². The van der Waals surface area contributed by atoms with E-state index in [0.29, 0.717) is 18.9 Å². The molecule has 0 saturated carbocycles. The molecule has 9 heteroatoms. The normalized spacial score (nSPS) is 18.2. The third-order valence-electron chi connectivity index (χ3n) is 7.07. The molecule has 1 aromatic heterocycles. The highest BCUT2D eigenvalue weighted by molar-refractivity contribution is 7.99. The molecule has 200 valence electrons. The molecule has 0 radical (unpaired) electrons. The summed E-state index contributed by atoms with van der Waals surface area (Å²) in [4.78, 5) is 16.7. The van der Waals surface area contributed by atoms with Crippen molar-refractivity contribution >= 4 is 27.6 Å². The Kier molecular flexibility index (Phi) is 7.68. The van der Waals surface area contributed by atoms with Crippen LogP contribution in [0, 0.1) is 6.92 Å². The predicted octanol–water partition coefficient (Wildman–Crippen LogP) is 5.60. The number of carboxylic acids is 1. The molecular weight excluding hydrogens is 522 g/mol. The minimum atomic E-state index is -2.98. The van der Waals surface area contributed by atoms with Crippen LogP contribution in [0.1, 0.15) is 53.5 Å². The van der Waals surface area contributed by atoms with Crippen LogP contribution in [0.25, 0.3) is 11.1 Å². The summed E-state index contributed by atoms with van der Waals surface area (Å²) >= 11 is 1.66. The molecular formula is C29H31NO6S2. The van der Waals surface area contributed by atoms with Gasteiger partial charge in [0.1, 0.15) is 21.7 Å². The molecule has 1 N–H and O–H groups in total. The van der Waals surface area contributed by atoms with Crippen LogP contribution >= 0.6 is 11.8 Å². The molecule has 38 heavy (non-hydrogen) atoms. The smallest absolute Gasteiger partial charge is 0.303 e. The third-order valence-corrected chi connectivity index (χ3v) is 9.33. The number of benzene rings is 2. The quantitative estimate of drug-likeness (QED) is 0.324. The van der Waals surface area contributed by atoms with Gasteiger partial charge in [-0.05, 0) is 71.7 Å². The van der Waals surface area contributed by atoms with Gasteiger partial charge in [0.15, 0.2) is 0 Å². The molecule has 0 amide bonds. The van der Waals surface area contributed by atoms with Crippen molar-refractivity contribution in [2.24, 2.45) is 0 Å². The van der Waals surface area contributed by atoms with E-state index in [9.17, 15) is 13.2 Å². The van der Waals surface area contributed by atoms with E-state index in [4.69, 9.17) is 14.6 Å². The molecule has 1 aliphatic heterocycles. The second kappa shape index (κ2) is 11.0. The molecule has 2 atom stereocenters. The molecule has 1 aliphatic carbocycles. The summed E-state index contributed by atoms with van der Waals surface area (Å²) in [6, 6.07) is 14.3. The van der Waals surface area contributed by atoms with E-state index in [0.717, 1.165) is 45.9 Å². The van der Waals surface area contributed by atoms with E-state index in [1.807, 2.05) is 18.2 Å².